The first-order chi connectivity index (χ1) is 7.09. The Bertz CT molecular complexity index is 363. The summed E-state index contributed by atoms with van der Waals surface area (Å²) in [5, 5.41) is 2.38. The van der Waals surface area contributed by atoms with E-state index in [-0.39, 0.29) is 5.54 Å². The molecule has 0 aliphatic rings. The Morgan fingerprint density at radius 3 is 2.19 bits per heavy atom. The van der Waals surface area contributed by atoms with Crippen molar-refractivity contribution < 1.29 is 13.2 Å². The maximum atomic E-state index is 12.4. The summed E-state index contributed by atoms with van der Waals surface area (Å²) >= 11 is 0.709. The Kier molecular flexibility index (Phi) is 3.64. The van der Waals surface area contributed by atoms with Crippen molar-refractivity contribution in [2.45, 2.75) is 46.0 Å². The van der Waals surface area contributed by atoms with Crippen LogP contribution >= 0.6 is 11.3 Å². The molecule has 0 bridgehead atoms. The molecule has 0 fully saturated rings. The van der Waals surface area contributed by atoms with Crippen LogP contribution in [-0.4, -0.2) is 10.5 Å². The first-order valence-electron chi connectivity index (χ1n) is 4.88. The Morgan fingerprint density at radius 2 is 1.81 bits per heavy atom. The minimum Gasteiger partial charge on any atom is -0.307 e. The summed E-state index contributed by atoms with van der Waals surface area (Å²) in [5.74, 6) is 0. The molecule has 0 saturated carbocycles. The van der Waals surface area contributed by atoms with Crippen molar-refractivity contribution in [1.82, 2.24) is 10.3 Å². The van der Waals surface area contributed by atoms with Crippen LogP contribution < -0.4 is 5.32 Å². The molecule has 1 rings (SSSR count). The fourth-order valence-electron chi connectivity index (χ4n) is 1.06. The number of alkyl halides is 3. The van der Waals surface area contributed by atoms with Crippen LogP contribution in [0.15, 0.2) is 0 Å². The fraction of sp³-hybridized carbons (Fsp3) is 0.700. The van der Waals surface area contributed by atoms with E-state index in [1.807, 2.05) is 20.8 Å². The molecule has 1 heterocycles. The number of hydrogen-bond donors (Lipinski definition) is 1. The van der Waals surface area contributed by atoms with E-state index in [9.17, 15) is 13.2 Å². The van der Waals surface area contributed by atoms with E-state index in [2.05, 4.69) is 10.3 Å². The summed E-state index contributed by atoms with van der Waals surface area (Å²) in [6.07, 6.45) is -4.34. The summed E-state index contributed by atoms with van der Waals surface area (Å²) in [7, 11) is 0. The second-order valence-corrected chi connectivity index (χ2v) is 5.71. The second-order valence-electron chi connectivity index (χ2n) is 4.63. The van der Waals surface area contributed by atoms with Gasteiger partial charge >= 0.3 is 6.18 Å². The van der Waals surface area contributed by atoms with Gasteiger partial charge in [0.2, 0.25) is 0 Å². The van der Waals surface area contributed by atoms with Crippen LogP contribution in [0.3, 0.4) is 0 Å². The van der Waals surface area contributed by atoms with Crippen LogP contribution in [0.5, 0.6) is 0 Å². The first-order valence-corrected chi connectivity index (χ1v) is 5.70. The molecule has 0 radical (unpaired) electrons. The molecular formula is C10H15F3N2S. The number of aromatic nitrogens is 1. The van der Waals surface area contributed by atoms with Crippen LogP contribution in [0.1, 0.15) is 36.3 Å². The van der Waals surface area contributed by atoms with Crippen molar-refractivity contribution in [1.29, 1.82) is 0 Å². The van der Waals surface area contributed by atoms with Gasteiger partial charge in [-0.05, 0) is 27.7 Å². The molecule has 0 aromatic carbocycles. The van der Waals surface area contributed by atoms with Crippen molar-refractivity contribution in [2.75, 3.05) is 0 Å². The number of halogens is 3. The van der Waals surface area contributed by atoms with Gasteiger partial charge < -0.3 is 5.32 Å². The standard InChI is InChI=1S/C10H15F3N2S/c1-6-7(5-14-9(2,3)4)16-8(15-6)10(11,12)13/h14H,5H2,1-4H3. The molecule has 1 aromatic heterocycles. The third kappa shape index (κ3) is 3.75. The van der Waals surface area contributed by atoms with Gasteiger partial charge in [-0.15, -0.1) is 11.3 Å². The van der Waals surface area contributed by atoms with Crippen LogP contribution in [-0.2, 0) is 12.7 Å². The van der Waals surface area contributed by atoms with E-state index in [1.54, 1.807) is 6.92 Å². The van der Waals surface area contributed by atoms with E-state index in [4.69, 9.17) is 0 Å². The molecule has 2 nitrogen and oxygen atoms in total. The van der Waals surface area contributed by atoms with Gasteiger partial charge in [0.25, 0.3) is 0 Å². The number of nitrogens with one attached hydrogen (secondary N) is 1. The van der Waals surface area contributed by atoms with Crippen LogP contribution in [0.2, 0.25) is 0 Å². The zero-order valence-corrected chi connectivity index (χ0v) is 10.5. The summed E-state index contributed by atoms with van der Waals surface area (Å²) < 4.78 is 37.1. The molecule has 0 aliphatic heterocycles. The van der Waals surface area contributed by atoms with E-state index < -0.39 is 11.2 Å². The molecule has 0 unspecified atom stereocenters. The molecule has 1 aromatic rings. The normalized spacial score (nSPS) is 13.2. The van der Waals surface area contributed by atoms with Gasteiger partial charge in [-0.25, -0.2) is 4.98 Å². The predicted octanol–water partition coefficient (Wildman–Crippen LogP) is 3.36. The predicted molar refractivity (Wildman–Crippen MR) is 58.4 cm³/mol. The monoisotopic (exact) mass is 252 g/mol. The minimum absolute atomic E-state index is 0.116. The highest BCUT2D eigenvalue weighted by atomic mass is 32.1. The Labute approximate surface area is 96.9 Å². The van der Waals surface area contributed by atoms with Gasteiger partial charge in [0.1, 0.15) is 0 Å². The largest absolute Gasteiger partial charge is 0.443 e. The highest BCUT2D eigenvalue weighted by Crippen LogP contribution is 2.34. The topological polar surface area (TPSA) is 24.9 Å². The van der Waals surface area contributed by atoms with Gasteiger partial charge in [0.05, 0.1) is 5.69 Å². The lowest BCUT2D eigenvalue weighted by atomic mass is 10.1. The molecule has 92 valence electrons. The average molecular weight is 252 g/mol. The van der Waals surface area contributed by atoms with Gasteiger partial charge in [-0.2, -0.15) is 13.2 Å². The quantitative estimate of drug-likeness (QED) is 0.873. The molecule has 16 heavy (non-hydrogen) atoms. The third-order valence-electron chi connectivity index (χ3n) is 1.91. The number of hydrogen-bond acceptors (Lipinski definition) is 3. The number of nitrogens with zero attached hydrogens (tertiary/aromatic N) is 1. The molecule has 0 saturated heterocycles. The van der Waals surface area contributed by atoms with Crippen molar-refractivity contribution in [3.63, 3.8) is 0 Å². The van der Waals surface area contributed by atoms with Crippen molar-refractivity contribution >= 4 is 11.3 Å². The molecule has 0 amide bonds. The molecule has 0 atom stereocenters. The zero-order chi connectivity index (χ0) is 12.6. The summed E-state index contributed by atoms with van der Waals surface area (Å²) in [6.45, 7) is 7.92. The smallest absolute Gasteiger partial charge is 0.307 e. The maximum Gasteiger partial charge on any atom is 0.443 e. The zero-order valence-electron chi connectivity index (χ0n) is 9.70. The van der Waals surface area contributed by atoms with Gasteiger partial charge in [-0.3, -0.25) is 0 Å². The minimum atomic E-state index is -4.34. The van der Waals surface area contributed by atoms with Gasteiger partial charge in [0, 0.05) is 17.0 Å². The van der Waals surface area contributed by atoms with Crippen LogP contribution in [0.4, 0.5) is 13.2 Å². The number of rotatable bonds is 2. The van der Waals surface area contributed by atoms with Crippen LogP contribution in [0, 0.1) is 6.92 Å². The van der Waals surface area contributed by atoms with Crippen molar-refractivity contribution in [2.24, 2.45) is 0 Å². The Hall–Kier alpha value is -0.620. The summed E-state index contributed by atoms with van der Waals surface area (Å²) in [5.41, 5.74) is 0.337. The molecular weight excluding hydrogens is 237 g/mol. The van der Waals surface area contributed by atoms with E-state index in [0.717, 1.165) is 0 Å². The molecule has 0 aliphatic carbocycles. The fourth-order valence-corrected chi connectivity index (χ4v) is 1.93. The first kappa shape index (κ1) is 13.4. The van der Waals surface area contributed by atoms with Gasteiger partial charge in [-0.1, -0.05) is 0 Å². The molecule has 0 spiro atoms. The second kappa shape index (κ2) is 4.33. The molecule has 1 N–H and O–H groups in total. The van der Waals surface area contributed by atoms with E-state index >= 15 is 0 Å². The lowest BCUT2D eigenvalue weighted by Crippen LogP contribution is -2.34. The van der Waals surface area contributed by atoms with E-state index in [0.29, 0.717) is 28.5 Å². The van der Waals surface area contributed by atoms with Gasteiger partial charge in [0.15, 0.2) is 5.01 Å². The number of aryl methyl sites for hydroxylation is 1. The lowest BCUT2D eigenvalue weighted by Gasteiger charge is -2.19. The maximum absolute atomic E-state index is 12.4. The van der Waals surface area contributed by atoms with Crippen molar-refractivity contribution in [3.8, 4) is 0 Å². The number of thiazole rings is 1. The Morgan fingerprint density at radius 1 is 1.25 bits per heavy atom. The molecule has 6 heteroatoms. The van der Waals surface area contributed by atoms with Crippen molar-refractivity contribution in [3.05, 3.63) is 15.6 Å². The SMILES string of the molecule is Cc1nc(C(F)(F)F)sc1CNC(C)(C)C. The highest BCUT2D eigenvalue weighted by molar-refractivity contribution is 7.11. The third-order valence-corrected chi connectivity index (χ3v) is 3.12. The summed E-state index contributed by atoms with van der Waals surface area (Å²) in [6, 6.07) is 0. The highest BCUT2D eigenvalue weighted by Gasteiger charge is 2.35. The Balaban J connectivity index is 2.79. The lowest BCUT2D eigenvalue weighted by molar-refractivity contribution is -0.137. The van der Waals surface area contributed by atoms with Crippen LogP contribution in [0.25, 0.3) is 0 Å². The summed E-state index contributed by atoms with van der Waals surface area (Å²) in [4.78, 5) is 4.18. The van der Waals surface area contributed by atoms with E-state index in [1.165, 1.54) is 0 Å². The average Bonchev–Trinajstić information content (AvgIpc) is 2.41.